The van der Waals surface area contributed by atoms with Crippen LogP contribution in [-0.2, 0) is 15.6 Å². The summed E-state index contributed by atoms with van der Waals surface area (Å²) in [4.78, 5) is 13.0. The zero-order valence-electron chi connectivity index (χ0n) is 22.8. The summed E-state index contributed by atoms with van der Waals surface area (Å²) in [7, 11) is -0.910. The second kappa shape index (κ2) is 10.4. The van der Waals surface area contributed by atoms with E-state index >= 15 is 0 Å². The second-order valence-electron chi connectivity index (χ2n) is 12.3. The number of hydrogen-bond donors (Lipinski definition) is 3. The molecule has 1 amide bonds. The third kappa shape index (κ3) is 6.21. The molecule has 6 nitrogen and oxygen atoms in total. The van der Waals surface area contributed by atoms with Crippen molar-refractivity contribution in [3.8, 4) is 6.07 Å². The minimum atomic E-state index is -0.910. The number of anilines is 1. The summed E-state index contributed by atoms with van der Waals surface area (Å²) in [5.74, 6) is 0.0657. The Hall–Kier alpha value is -2.59. The molecule has 0 saturated carbocycles. The fourth-order valence-electron chi connectivity index (χ4n) is 5.56. The van der Waals surface area contributed by atoms with Crippen molar-refractivity contribution in [2.45, 2.75) is 102 Å². The van der Waals surface area contributed by atoms with Crippen LogP contribution in [0.1, 0.15) is 97.6 Å². The number of benzene rings is 1. The van der Waals surface area contributed by atoms with Gasteiger partial charge in [-0.1, -0.05) is 26.0 Å². The van der Waals surface area contributed by atoms with Crippen LogP contribution in [0.2, 0.25) is 0 Å². The summed E-state index contributed by atoms with van der Waals surface area (Å²) < 4.78 is 12.6. The zero-order valence-corrected chi connectivity index (χ0v) is 23.6. The molecule has 7 heteroatoms. The molecule has 1 unspecified atom stereocenters. The Morgan fingerprint density at radius 2 is 1.83 bits per heavy atom. The van der Waals surface area contributed by atoms with Crippen molar-refractivity contribution in [3.63, 3.8) is 0 Å². The van der Waals surface area contributed by atoms with E-state index in [1.165, 1.54) is 17.3 Å². The smallest absolute Gasteiger partial charge is 0.246 e. The number of rotatable bonds is 6. The molecule has 1 fully saturated rings. The summed E-state index contributed by atoms with van der Waals surface area (Å²) in [6, 6.07) is 7.67. The molecular formula is C29H42N4O2S. The van der Waals surface area contributed by atoms with Gasteiger partial charge in [0.15, 0.2) is 0 Å². The van der Waals surface area contributed by atoms with E-state index in [9.17, 15) is 9.00 Å². The monoisotopic (exact) mass is 510 g/mol. The molecule has 196 valence electrons. The van der Waals surface area contributed by atoms with Gasteiger partial charge in [0, 0.05) is 37.7 Å². The first kappa shape index (κ1) is 28.0. The van der Waals surface area contributed by atoms with Crippen LogP contribution in [0.15, 0.2) is 36.2 Å². The van der Waals surface area contributed by atoms with E-state index in [1.807, 2.05) is 12.1 Å². The molecule has 1 atom stereocenters. The number of nitrogens with two attached hydrogens (primary N) is 1. The van der Waals surface area contributed by atoms with Gasteiger partial charge in [0.25, 0.3) is 0 Å². The van der Waals surface area contributed by atoms with Crippen LogP contribution in [-0.4, -0.2) is 25.7 Å². The van der Waals surface area contributed by atoms with E-state index in [2.05, 4.69) is 70.4 Å². The Morgan fingerprint density at radius 1 is 1.19 bits per heavy atom. The molecule has 0 spiro atoms. The minimum Gasteiger partial charge on any atom is -0.402 e. The van der Waals surface area contributed by atoms with Crippen LogP contribution in [0.4, 0.5) is 5.69 Å². The molecule has 2 aliphatic rings. The predicted molar refractivity (Wildman–Crippen MR) is 149 cm³/mol. The largest absolute Gasteiger partial charge is 0.402 e. The second-order valence-corrected chi connectivity index (χ2v) is 15.1. The molecule has 1 aliphatic heterocycles. The molecule has 4 N–H and O–H groups in total. The lowest BCUT2D eigenvalue weighted by molar-refractivity contribution is -0.117. The Morgan fingerprint density at radius 3 is 2.36 bits per heavy atom. The Bertz CT molecular complexity index is 1120. The normalized spacial score (nSPS) is 25.7. The highest BCUT2D eigenvalue weighted by molar-refractivity contribution is 7.87. The maximum Gasteiger partial charge on any atom is 0.246 e. The summed E-state index contributed by atoms with van der Waals surface area (Å²) >= 11 is 0. The SMILES string of the molecule is CC(N/C(C#N)=C\N)C(=O)Nc1ccc(C2CC(C)(C)S(=O)C(C)(C)C2)cc1C1=CCC(C)(C)CC1. The lowest BCUT2D eigenvalue weighted by Crippen LogP contribution is -2.47. The summed E-state index contributed by atoms with van der Waals surface area (Å²) in [5, 5.41) is 15.1. The van der Waals surface area contributed by atoms with Gasteiger partial charge in [-0.25, -0.2) is 0 Å². The first-order valence-electron chi connectivity index (χ1n) is 12.8. The van der Waals surface area contributed by atoms with Gasteiger partial charge in [-0.3, -0.25) is 9.00 Å². The van der Waals surface area contributed by atoms with Crippen molar-refractivity contribution >= 4 is 28.0 Å². The van der Waals surface area contributed by atoms with Gasteiger partial charge in [-0.05, 0) is 101 Å². The van der Waals surface area contributed by atoms with Gasteiger partial charge in [0.2, 0.25) is 5.91 Å². The fraction of sp³-hybridized carbons (Fsp3) is 0.586. The zero-order chi connectivity index (χ0) is 26.9. The van der Waals surface area contributed by atoms with E-state index in [1.54, 1.807) is 6.92 Å². The highest BCUT2D eigenvalue weighted by Crippen LogP contribution is 2.47. The summed E-state index contributed by atoms with van der Waals surface area (Å²) in [6.07, 6.45) is 8.24. The maximum atomic E-state index is 13.1. The Kier molecular flexibility index (Phi) is 8.10. The molecule has 0 aromatic heterocycles. The van der Waals surface area contributed by atoms with Crippen LogP contribution >= 0.6 is 0 Å². The molecule has 1 aromatic carbocycles. The molecular weight excluding hydrogens is 468 g/mol. The van der Waals surface area contributed by atoms with Crippen molar-refractivity contribution < 1.29 is 9.00 Å². The van der Waals surface area contributed by atoms with Gasteiger partial charge in [0.05, 0.1) is 0 Å². The highest BCUT2D eigenvalue weighted by atomic mass is 32.2. The third-order valence-corrected chi connectivity index (χ3v) is 9.96. The number of nitriles is 1. The first-order chi connectivity index (χ1) is 16.7. The fourth-order valence-corrected chi connectivity index (χ4v) is 7.76. The average Bonchev–Trinajstić information content (AvgIpc) is 2.80. The van der Waals surface area contributed by atoms with E-state index in [-0.39, 0.29) is 26.5 Å². The summed E-state index contributed by atoms with van der Waals surface area (Å²) in [5.41, 5.74) is 10.2. The van der Waals surface area contributed by atoms with Crippen molar-refractivity contribution in [3.05, 3.63) is 47.3 Å². The molecule has 1 aromatic rings. The number of nitrogens with zero attached hydrogens (tertiary/aromatic N) is 1. The Labute approximate surface area is 219 Å². The molecule has 1 saturated heterocycles. The van der Waals surface area contributed by atoms with Crippen LogP contribution in [0.5, 0.6) is 0 Å². The third-order valence-electron chi connectivity index (χ3n) is 7.62. The van der Waals surface area contributed by atoms with Crippen molar-refractivity contribution in [1.29, 1.82) is 5.26 Å². The molecule has 0 radical (unpaired) electrons. The van der Waals surface area contributed by atoms with Crippen LogP contribution in [0, 0.1) is 16.7 Å². The topological polar surface area (TPSA) is 108 Å². The number of nitrogens with one attached hydrogen (secondary N) is 2. The van der Waals surface area contributed by atoms with Crippen molar-refractivity contribution in [1.82, 2.24) is 5.32 Å². The van der Waals surface area contributed by atoms with Gasteiger partial charge in [0.1, 0.15) is 17.8 Å². The Balaban J connectivity index is 1.97. The van der Waals surface area contributed by atoms with E-state index in [0.717, 1.165) is 43.4 Å². The van der Waals surface area contributed by atoms with E-state index < -0.39 is 16.8 Å². The average molecular weight is 511 g/mol. The first-order valence-corrected chi connectivity index (χ1v) is 14.0. The standard InChI is InChI=1S/C29H42N4O2S/c1-19(32-23(17-30)18-31)26(34)33-25-9-8-21(14-24(25)20-10-12-27(2,3)13-11-20)22-15-28(4,5)36(35)29(6,7)16-22/h8-10,14,17,19,22,32H,11-13,15-16,30H2,1-7H3,(H,33,34)/b23-17-. The molecule has 3 rings (SSSR count). The van der Waals surface area contributed by atoms with E-state index in [4.69, 9.17) is 11.0 Å². The van der Waals surface area contributed by atoms with Crippen molar-refractivity contribution in [2.75, 3.05) is 5.32 Å². The molecule has 1 heterocycles. The molecule has 0 bridgehead atoms. The molecule has 36 heavy (non-hydrogen) atoms. The minimum absolute atomic E-state index is 0.158. The summed E-state index contributed by atoms with van der Waals surface area (Å²) in [6.45, 7) is 14.7. The number of hydrogen-bond acceptors (Lipinski definition) is 5. The van der Waals surface area contributed by atoms with Gasteiger partial charge < -0.3 is 16.4 Å². The number of allylic oxidation sites excluding steroid dienone is 3. The number of carbonyl (C=O) groups is 1. The van der Waals surface area contributed by atoms with Crippen molar-refractivity contribution in [2.24, 2.45) is 11.1 Å². The van der Waals surface area contributed by atoms with E-state index in [0.29, 0.717) is 5.92 Å². The van der Waals surface area contributed by atoms with Gasteiger partial charge >= 0.3 is 0 Å². The number of amides is 1. The lowest BCUT2D eigenvalue weighted by Gasteiger charge is -2.44. The predicted octanol–water partition coefficient (Wildman–Crippen LogP) is 5.70. The maximum absolute atomic E-state index is 13.1. The van der Waals surface area contributed by atoms with Gasteiger partial charge in [-0.15, -0.1) is 0 Å². The molecule has 1 aliphatic carbocycles. The van der Waals surface area contributed by atoms with Gasteiger partial charge in [-0.2, -0.15) is 5.26 Å². The lowest BCUT2D eigenvalue weighted by atomic mass is 9.76. The quantitative estimate of drug-likeness (QED) is 0.425. The van der Waals surface area contributed by atoms with Crippen LogP contribution in [0.25, 0.3) is 5.57 Å². The highest BCUT2D eigenvalue weighted by Gasteiger charge is 2.45. The number of carbonyl (C=O) groups excluding carboxylic acids is 1. The van der Waals surface area contributed by atoms with Crippen LogP contribution < -0.4 is 16.4 Å². The van der Waals surface area contributed by atoms with Crippen LogP contribution in [0.3, 0.4) is 0 Å².